The average molecular weight is 184 g/mol. The van der Waals surface area contributed by atoms with Gasteiger partial charge in [-0.15, -0.1) is 0 Å². The minimum atomic E-state index is 0.0811. The maximum atomic E-state index is 5.51. The molecule has 0 aliphatic rings. The van der Waals surface area contributed by atoms with E-state index in [4.69, 9.17) is 4.74 Å². The molecule has 0 amide bonds. The summed E-state index contributed by atoms with van der Waals surface area (Å²) in [5.74, 6) is 0.907. The highest BCUT2D eigenvalue weighted by Gasteiger charge is 1.91. The molecule has 0 radical (unpaired) electrons. The topological polar surface area (TPSA) is 9.23 Å². The monoisotopic (exact) mass is 184 g/mol. The number of hydrogen-bond donors (Lipinski definition) is 1. The van der Waals surface area contributed by atoms with Crippen LogP contribution in [-0.2, 0) is 11.3 Å². The second-order valence-corrected chi connectivity index (χ2v) is 5.46. The molecule has 0 aromatic heterocycles. The van der Waals surface area contributed by atoms with Crippen molar-refractivity contribution in [1.29, 1.82) is 0 Å². The first-order chi connectivity index (χ1) is 5.79. The molecule has 0 saturated heterocycles. The first kappa shape index (κ1) is 9.62. The highest BCUT2D eigenvalue weighted by Crippen LogP contribution is 2.13. The number of rotatable bonds is 4. The molecule has 1 rings (SSSR count). The second kappa shape index (κ2) is 5.22. The molecule has 0 spiro atoms. The molecule has 0 atom stereocenters. The fourth-order valence-electron chi connectivity index (χ4n) is 0.920. The van der Waals surface area contributed by atoms with Crippen LogP contribution < -0.4 is 0 Å². The van der Waals surface area contributed by atoms with Crippen molar-refractivity contribution in [3.05, 3.63) is 35.9 Å². The molecule has 0 N–H and O–H groups in total. The van der Waals surface area contributed by atoms with Crippen LogP contribution in [0.3, 0.4) is 0 Å². The van der Waals surface area contributed by atoms with Crippen LogP contribution in [0.4, 0.5) is 0 Å². The van der Waals surface area contributed by atoms with E-state index in [-0.39, 0.29) is 10.9 Å². The molecule has 2 heteroatoms. The SMILES string of the molecule is C[SH](C)COCc1ccccc1. The predicted octanol–water partition coefficient (Wildman–Crippen LogP) is 2.42. The summed E-state index contributed by atoms with van der Waals surface area (Å²) in [6, 6.07) is 10.3. The third-order valence-electron chi connectivity index (χ3n) is 1.46. The van der Waals surface area contributed by atoms with Crippen LogP contribution >= 0.6 is 10.9 Å². The first-order valence-electron chi connectivity index (χ1n) is 4.05. The van der Waals surface area contributed by atoms with E-state index in [0.717, 1.165) is 12.5 Å². The molecule has 0 aliphatic carbocycles. The van der Waals surface area contributed by atoms with Gasteiger partial charge in [0.1, 0.15) is 0 Å². The second-order valence-electron chi connectivity index (χ2n) is 3.04. The van der Waals surface area contributed by atoms with Crippen LogP contribution in [0.5, 0.6) is 0 Å². The van der Waals surface area contributed by atoms with Crippen LogP contribution in [0.15, 0.2) is 30.3 Å². The summed E-state index contributed by atoms with van der Waals surface area (Å²) in [6.45, 7) is 0.751. The highest BCUT2D eigenvalue weighted by molar-refractivity contribution is 8.15. The van der Waals surface area contributed by atoms with Gasteiger partial charge in [-0.25, -0.2) is 10.9 Å². The van der Waals surface area contributed by atoms with E-state index >= 15 is 0 Å². The van der Waals surface area contributed by atoms with Crippen molar-refractivity contribution in [1.82, 2.24) is 0 Å². The zero-order valence-electron chi connectivity index (χ0n) is 7.66. The van der Waals surface area contributed by atoms with Crippen LogP contribution in [0, 0.1) is 0 Å². The van der Waals surface area contributed by atoms with Crippen molar-refractivity contribution in [3.63, 3.8) is 0 Å². The number of hydrogen-bond acceptors (Lipinski definition) is 1. The number of ether oxygens (including phenoxy) is 1. The van der Waals surface area contributed by atoms with Crippen molar-refractivity contribution in [3.8, 4) is 0 Å². The number of benzene rings is 1. The predicted molar refractivity (Wildman–Crippen MR) is 56.9 cm³/mol. The third-order valence-corrected chi connectivity index (χ3v) is 2.16. The summed E-state index contributed by atoms with van der Waals surface area (Å²) in [7, 11) is 0.0811. The van der Waals surface area contributed by atoms with Crippen LogP contribution in [0.1, 0.15) is 5.56 Å². The van der Waals surface area contributed by atoms with Gasteiger partial charge in [-0.1, -0.05) is 30.3 Å². The quantitative estimate of drug-likeness (QED) is 0.707. The van der Waals surface area contributed by atoms with E-state index in [1.807, 2.05) is 18.2 Å². The molecule has 0 fully saturated rings. The Labute approximate surface area is 77.1 Å². The lowest BCUT2D eigenvalue weighted by atomic mass is 10.2. The fourth-order valence-corrected chi connectivity index (χ4v) is 1.38. The molecule has 1 aromatic carbocycles. The molecular formula is C10H16OS. The van der Waals surface area contributed by atoms with Gasteiger partial charge >= 0.3 is 0 Å². The average Bonchev–Trinajstić information content (AvgIpc) is 2.05. The Kier molecular flexibility index (Phi) is 4.19. The third kappa shape index (κ3) is 3.79. The van der Waals surface area contributed by atoms with Crippen LogP contribution in [0.2, 0.25) is 0 Å². The summed E-state index contributed by atoms with van der Waals surface area (Å²) in [5.41, 5.74) is 1.26. The Morgan fingerprint density at radius 1 is 1.17 bits per heavy atom. The van der Waals surface area contributed by atoms with Crippen molar-refractivity contribution < 1.29 is 4.74 Å². The molecule has 0 aliphatic heterocycles. The maximum Gasteiger partial charge on any atom is 0.0747 e. The Hall–Kier alpha value is -0.470. The lowest BCUT2D eigenvalue weighted by Crippen LogP contribution is -1.94. The zero-order valence-corrected chi connectivity index (χ0v) is 8.55. The lowest BCUT2D eigenvalue weighted by molar-refractivity contribution is 0.168. The molecule has 12 heavy (non-hydrogen) atoms. The Morgan fingerprint density at radius 2 is 1.83 bits per heavy atom. The Morgan fingerprint density at radius 3 is 2.42 bits per heavy atom. The van der Waals surface area contributed by atoms with Crippen molar-refractivity contribution in [2.45, 2.75) is 6.61 Å². The van der Waals surface area contributed by atoms with E-state index < -0.39 is 0 Å². The van der Waals surface area contributed by atoms with E-state index in [1.54, 1.807) is 0 Å². The summed E-state index contributed by atoms with van der Waals surface area (Å²) in [4.78, 5) is 0. The van der Waals surface area contributed by atoms with Gasteiger partial charge in [-0.3, -0.25) is 0 Å². The minimum absolute atomic E-state index is 0.0811. The molecule has 1 aromatic rings. The summed E-state index contributed by atoms with van der Waals surface area (Å²) in [5, 5.41) is 0. The van der Waals surface area contributed by atoms with E-state index in [9.17, 15) is 0 Å². The number of thiol groups is 1. The van der Waals surface area contributed by atoms with Crippen LogP contribution in [-0.4, -0.2) is 18.5 Å². The van der Waals surface area contributed by atoms with Crippen molar-refractivity contribution in [2.75, 3.05) is 18.5 Å². The van der Waals surface area contributed by atoms with Gasteiger partial charge in [0.25, 0.3) is 0 Å². The lowest BCUT2D eigenvalue weighted by Gasteiger charge is -2.09. The minimum Gasteiger partial charge on any atom is -0.368 e. The van der Waals surface area contributed by atoms with E-state index in [2.05, 4.69) is 24.6 Å². The fraction of sp³-hybridized carbons (Fsp3) is 0.400. The molecule has 1 nitrogen and oxygen atoms in total. The highest BCUT2D eigenvalue weighted by atomic mass is 32.2. The molecular weight excluding hydrogens is 168 g/mol. The molecule has 0 heterocycles. The van der Waals surface area contributed by atoms with Crippen molar-refractivity contribution >= 4 is 10.9 Å². The standard InChI is InChI=1S/C10H16OS/c1-12(2)9-11-8-10-6-4-3-5-7-10/h3-7,12H,8-9H2,1-2H3. The van der Waals surface area contributed by atoms with Gasteiger partial charge in [0.05, 0.1) is 12.5 Å². The molecule has 68 valence electrons. The van der Waals surface area contributed by atoms with Gasteiger partial charge in [0.15, 0.2) is 0 Å². The summed E-state index contributed by atoms with van der Waals surface area (Å²) < 4.78 is 5.51. The van der Waals surface area contributed by atoms with E-state index in [0.29, 0.717) is 0 Å². The maximum absolute atomic E-state index is 5.51. The molecule has 0 bridgehead atoms. The molecule has 0 saturated carbocycles. The summed E-state index contributed by atoms with van der Waals surface area (Å²) in [6.07, 6.45) is 4.45. The van der Waals surface area contributed by atoms with Crippen molar-refractivity contribution in [2.24, 2.45) is 0 Å². The van der Waals surface area contributed by atoms with Gasteiger partial charge in [0.2, 0.25) is 0 Å². The van der Waals surface area contributed by atoms with Gasteiger partial charge in [-0.05, 0) is 18.1 Å². The van der Waals surface area contributed by atoms with Crippen LogP contribution in [0.25, 0.3) is 0 Å². The normalized spacial score (nSPS) is 11.3. The molecule has 0 unspecified atom stereocenters. The Bertz CT molecular complexity index is 208. The van der Waals surface area contributed by atoms with Gasteiger partial charge in [-0.2, -0.15) is 0 Å². The Balaban J connectivity index is 2.25. The summed E-state index contributed by atoms with van der Waals surface area (Å²) >= 11 is 0. The van der Waals surface area contributed by atoms with Gasteiger partial charge < -0.3 is 4.74 Å². The van der Waals surface area contributed by atoms with Gasteiger partial charge in [0, 0.05) is 0 Å². The largest absolute Gasteiger partial charge is 0.368 e. The smallest absolute Gasteiger partial charge is 0.0747 e. The zero-order chi connectivity index (χ0) is 8.81. The van der Waals surface area contributed by atoms with E-state index in [1.165, 1.54) is 5.56 Å². The first-order valence-corrected chi connectivity index (χ1v) is 6.47.